The zero-order chi connectivity index (χ0) is 19.4. The van der Waals surface area contributed by atoms with Crippen LogP contribution in [0.25, 0.3) is 6.08 Å². The van der Waals surface area contributed by atoms with Gasteiger partial charge in [0.05, 0.1) is 24.8 Å². The Morgan fingerprint density at radius 1 is 1.15 bits per heavy atom. The summed E-state index contributed by atoms with van der Waals surface area (Å²) in [4.78, 5) is 19.5. The first-order valence-electron chi connectivity index (χ1n) is 8.37. The van der Waals surface area contributed by atoms with E-state index in [1.165, 1.54) is 18.9 Å². The monoisotopic (exact) mass is 384 g/mol. The molecule has 27 heavy (non-hydrogen) atoms. The lowest BCUT2D eigenvalue weighted by atomic mass is 10.2. The summed E-state index contributed by atoms with van der Waals surface area (Å²) >= 11 is 1.32. The lowest BCUT2D eigenvalue weighted by Crippen LogP contribution is -2.28. The number of benzene rings is 2. The molecule has 1 amide bonds. The number of rotatable bonds is 5. The number of carbonyl (C=O) groups is 1. The van der Waals surface area contributed by atoms with E-state index in [1.807, 2.05) is 31.2 Å². The average Bonchev–Trinajstić information content (AvgIpc) is 2.98. The Morgan fingerprint density at radius 2 is 1.89 bits per heavy atom. The minimum Gasteiger partial charge on any atom is -0.504 e. The smallest absolute Gasteiger partial charge is 0.266 e. The van der Waals surface area contributed by atoms with Gasteiger partial charge in [0, 0.05) is 6.54 Å². The van der Waals surface area contributed by atoms with Crippen LogP contribution in [0.5, 0.6) is 17.2 Å². The van der Waals surface area contributed by atoms with Gasteiger partial charge in [-0.05, 0) is 66.7 Å². The highest BCUT2D eigenvalue weighted by atomic mass is 32.2. The molecule has 2 aromatic carbocycles. The Hall–Kier alpha value is -2.93. The maximum Gasteiger partial charge on any atom is 0.266 e. The molecule has 0 aliphatic carbocycles. The van der Waals surface area contributed by atoms with E-state index in [2.05, 4.69) is 4.99 Å². The van der Waals surface area contributed by atoms with Gasteiger partial charge >= 0.3 is 0 Å². The molecule has 0 atom stereocenters. The van der Waals surface area contributed by atoms with Crippen molar-refractivity contribution >= 4 is 34.6 Å². The zero-order valence-corrected chi connectivity index (χ0v) is 16.1. The number of thioether (sulfide) groups is 1. The number of amidine groups is 1. The van der Waals surface area contributed by atoms with E-state index in [0.29, 0.717) is 22.4 Å². The molecule has 0 spiro atoms. The summed E-state index contributed by atoms with van der Waals surface area (Å²) in [7, 11) is 3.10. The molecule has 0 bridgehead atoms. The fourth-order valence-corrected chi connectivity index (χ4v) is 3.64. The van der Waals surface area contributed by atoms with E-state index in [1.54, 1.807) is 36.3 Å². The highest BCUT2D eigenvalue weighted by Gasteiger charge is 2.32. The van der Waals surface area contributed by atoms with Crippen molar-refractivity contribution in [3.63, 3.8) is 0 Å². The molecule has 7 heteroatoms. The van der Waals surface area contributed by atoms with Gasteiger partial charge in [-0.3, -0.25) is 9.69 Å². The van der Waals surface area contributed by atoms with Gasteiger partial charge in [0.2, 0.25) is 0 Å². The van der Waals surface area contributed by atoms with Crippen LogP contribution in [-0.2, 0) is 4.79 Å². The second-order valence-electron chi connectivity index (χ2n) is 5.68. The van der Waals surface area contributed by atoms with E-state index in [9.17, 15) is 9.90 Å². The van der Waals surface area contributed by atoms with E-state index in [4.69, 9.17) is 9.47 Å². The van der Waals surface area contributed by atoms with Gasteiger partial charge in [-0.2, -0.15) is 0 Å². The standard InChI is InChI=1S/C20H20N2O4S/c1-4-22-19(24)18(12-13-5-10-16(23)17(11-13)26-3)27-20(22)21-14-6-8-15(25-2)9-7-14/h5-12,23H,4H2,1-3H3/b18-12-,21-20?. The van der Waals surface area contributed by atoms with Crippen LogP contribution < -0.4 is 9.47 Å². The SMILES string of the molecule is CCN1C(=O)/C(=C/c2ccc(O)c(OC)c2)SC1=Nc1ccc(OC)cc1. The van der Waals surface area contributed by atoms with Crippen molar-refractivity contribution in [1.29, 1.82) is 0 Å². The third kappa shape index (κ3) is 4.09. The first kappa shape index (κ1) is 18.8. The molecular weight excluding hydrogens is 364 g/mol. The molecule has 1 N–H and O–H groups in total. The number of hydrogen-bond acceptors (Lipinski definition) is 6. The third-order valence-electron chi connectivity index (χ3n) is 4.00. The van der Waals surface area contributed by atoms with Crippen LogP contribution in [0.15, 0.2) is 52.4 Å². The molecule has 140 valence electrons. The lowest BCUT2D eigenvalue weighted by molar-refractivity contribution is -0.122. The second kappa shape index (κ2) is 8.18. The number of carbonyl (C=O) groups excluding carboxylic acids is 1. The number of aliphatic imine (C=N–C) groups is 1. The molecule has 6 nitrogen and oxygen atoms in total. The Morgan fingerprint density at radius 3 is 2.52 bits per heavy atom. The molecule has 2 aromatic rings. The fourth-order valence-electron chi connectivity index (χ4n) is 2.57. The number of amides is 1. The van der Waals surface area contributed by atoms with Gasteiger partial charge in [-0.1, -0.05) is 6.07 Å². The topological polar surface area (TPSA) is 71.4 Å². The predicted octanol–water partition coefficient (Wildman–Crippen LogP) is 4.03. The Bertz CT molecular complexity index is 907. The van der Waals surface area contributed by atoms with Crippen LogP contribution in [0.4, 0.5) is 5.69 Å². The summed E-state index contributed by atoms with van der Waals surface area (Å²) in [6.45, 7) is 2.44. The van der Waals surface area contributed by atoms with Gasteiger partial charge in [-0.15, -0.1) is 0 Å². The van der Waals surface area contributed by atoms with Crippen molar-refractivity contribution in [1.82, 2.24) is 4.90 Å². The Balaban J connectivity index is 1.90. The van der Waals surface area contributed by atoms with E-state index in [0.717, 1.165) is 17.0 Å². The first-order valence-corrected chi connectivity index (χ1v) is 9.18. The Kier molecular flexibility index (Phi) is 5.71. The highest BCUT2D eigenvalue weighted by molar-refractivity contribution is 8.18. The number of aromatic hydroxyl groups is 1. The maximum atomic E-state index is 12.7. The summed E-state index contributed by atoms with van der Waals surface area (Å²) in [5.74, 6) is 1.08. The molecule has 3 rings (SSSR count). The summed E-state index contributed by atoms with van der Waals surface area (Å²) in [5.41, 5.74) is 1.51. The number of phenolic OH excluding ortho intramolecular Hbond substituents is 1. The lowest BCUT2D eigenvalue weighted by Gasteiger charge is -2.12. The van der Waals surface area contributed by atoms with Crippen molar-refractivity contribution in [3.05, 3.63) is 52.9 Å². The van der Waals surface area contributed by atoms with Crippen LogP contribution in [0, 0.1) is 0 Å². The number of methoxy groups -OCH3 is 2. The summed E-state index contributed by atoms with van der Waals surface area (Å²) in [6.07, 6.45) is 1.77. The molecule has 0 radical (unpaired) electrons. The number of likely N-dealkylation sites (N-methyl/N-ethyl adjacent to an activating group) is 1. The number of nitrogens with zero attached hydrogens (tertiary/aromatic N) is 2. The molecule has 1 fully saturated rings. The van der Waals surface area contributed by atoms with Crippen molar-refractivity contribution in [2.75, 3.05) is 20.8 Å². The normalized spacial score (nSPS) is 17.0. The van der Waals surface area contributed by atoms with Gasteiger partial charge in [0.25, 0.3) is 5.91 Å². The van der Waals surface area contributed by atoms with Crippen LogP contribution in [0.1, 0.15) is 12.5 Å². The molecule has 0 saturated carbocycles. The minimum atomic E-state index is -0.0956. The van der Waals surface area contributed by atoms with Gasteiger partial charge < -0.3 is 14.6 Å². The van der Waals surface area contributed by atoms with Gasteiger partial charge in [-0.25, -0.2) is 4.99 Å². The van der Waals surface area contributed by atoms with Crippen molar-refractivity contribution < 1.29 is 19.4 Å². The maximum absolute atomic E-state index is 12.7. The van der Waals surface area contributed by atoms with Crippen LogP contribution in [-0.4, -0.2) is 41.8 Å². The van der Waals surface area contributed by atoms with Crippen LogP contribution in [0.3, 0.4) is 0 Å². The van der Waals surface area contributed by atoms with Gasteiger partial charge in [0.15, 0.2) is 16.7 Å². The second-order valence-corrected chi connectivity index (χ2v) is 6.69. The molecule has 1 saturated heterocycles. The summed E-state index contributed by atoms with van der Waals surface area (Å²) < 4.78 is 10.3. The fraction of sp³-hybridized carbons (Fsp3) is 0.200. The van der Waals surface area contributed by atoms with E-state index in [-0.39, 0.29) is 11.7 Å². The minimum absolute atomic E-state index is 0.0574. The van der Waals surface area contributed by atoms with E-state index < -0.39 is 0 Å². The van der Waals surface area contributed by atoms with Crippen LogP contribution >= 0.6 is 11.8 Å². The average molecular weight is 384 g/mol. The molecule has 1 heterocycles. The molecule has 1 aliphatic heterocycles. The summed E-state index contributed by atoms with van der Waals surface area (Å²) in [5, 5.41) is 10.3. The number of hydrogen-bond donors (Lipinski definition) is 1. The zero-order valence-electron chi connectivity index (χ0n) is 15.3. The molecule has 1 aliphatic rings. The largest absolute Gasteiger partial charge is 0.504 e. The van der Waals surface area contributed by atoms with E-state index >= 15 is 0 Å². The number of phenols is 1. The molecule has 0 unspecified atom stereocenters. The molecule has 0 aromatic heterocycles. The first-order chi connectivity index (χ1) is 13.0. The van der Waals surface area contributed by atoms with Crippen LogP contribution in [0.2, 0.25) is 0 Å². The third-order valence-corrected chi connectivity index (χ3v) is 5.01. The number of ether oxygens (including phenoxy) is 2. The summed E-state index contributed by atoms with van der Waals surface area (Å²) in [6, 6.07) is 12.3. The van der Waals surface area contributed by atoms with Crippen molar-refractivity contribution in [2.24, 2.45) is 4.99 Å². The van der Waals surface area contributed by atoms with Crippen molar-refractivity contribution in [2.45, 2.75) is 6.92 Å². The van der Waals surface area contributed by atoms with Gasteiger partial charge in [0.1, 0.15) is 5.75 Å². The van der Waals surface area contributed by atoms with Crippen molar-refractivity contribution in [3.8, 4) is 17.2 Å². The molecular formula is C20H20N2O4S. The quantitative estimate of drug-likeness (QED) is 0.788. The predicted molar refractivity (Wildman–Crippen MR) is 108 cm³/mol. The highest BCUT2D eigenvalue weighted by Crippen LogP contribution is 2.35. The Labute approximate surface area is 162 Å².